The van der Waals surface area contributed by atoms with Crippen molar-refractivity contribution in [3.63, 3.8) is 0 Å². The van der Waals surface area contributed by atoms with Gasteiger partial charge in [0, 0.05) is 37.8 Å². The molecule has 28 heavy (non-hydrogen) atoms. The van der Waals surface area contributed by atoms with Gasteiger partial charge in [-0.1, -0.05) is 25.3 Å². The van der Waals surface area contributed by atoms with Crippen LogP contribution in [0.2, 0.25) is 0 Å². The number of carbonyl (C=O) groups excluding carboxylic acids is 1. The van der Waals surface area contributed by atoms with Crippen molar-refractivity contribution in [3.05, 3.63) is 29.3 Å². The Labute approximate surface area is 170 Å². The van der Waals surface area contributed by atoms with Crippen LogP contribution in [0.15, 0.2) is 18.2 Å². The summed E-state index contributed by atoms with van der Waals surface area (Å²) >= 11 is 0. The van der Waals surface area contributed by atoms with E-state index in [4.69, 9.17) is 0 Å². The van der Waals surface area contributed by atoms with Crippen molar-refractivity contribution in [1.29, 1.82) is 0 Å². The highest BCUT2D eigenvalue weighted by Crippen LogP contribution is 2.30. The highest BCUT2D eigenvalue weighted by atomic mass is 16.2. The summed E-state index contributed by atoms with van der Waals surface area (Å²) in [5.74, 6) is 0.716. The third-order valence-electron chi connectivity index (χ3n) is 6.90. The molecule has 0 spiro atoms. The van der Waals surface area contributed by atoms with Crippen LogP contribution in [0.5, 0.6) is 0 Å². The highest BCUT2D eigenvalue weighted by Gasteiger charge is 2.28. The van der Waals surface area contributed by atoms with Crippen molar-refractivity contribution in [2.24, 2.45) is 5.92 Å². The van der Waals surface area contributed by atoms with E-state index in [2.05, 4.69) is 33.3 Å². The maximum atomic E-state index is 12.8. The van der Waals surface area contributed by atoms with Crippen molar-refractivity contribution in [2.45, 2.75) is 70.8 Å². The van der Waals surface area contributed by atoms with E-state index in [0.717, 1.165) is 32.4 Å². The molecule has 0 atom stereocenters. The van der Waals surface area contributed by atoms with Gasteiger partial charge in [0.1, 0.15) is 0 Å². The van der Waals surface area contributed by atoms with Crippen LogP contribution in [0.4, 0.5) is 5.69 Å². The van der Waals surface area contributed by atoms with Gasteiger partial charge in [-0.15, -0.1) is 0 Å². The summed E-state index contributed by atoms with van der Waals surface area (Å²) in [6, 6.07) is 6.91. The molecule has 154 valence electrons. The number of rotatable bonds is 2. The lowest BCUT2D eigenvalue weighted by molar-refractivity contribution is -0.137. The summed E-state index contributed by atoms with van der Waals surface area (Å²) in [5.41, 5.74) is 4.21. The number of fused-ring (bicyclic) bond motifs is 1. The number of hydrogen-bond acceptors (Lipinski definition) is 3. The molecule has 0 radical (unpaired) electrons. The summed E-state index contributed by atoms with van der Waals surface area (Å²) in [5, 5.41) is 3.22. The molecule has 1 aromatic rings. The third kappa shape index (κ3) is 4.89. The van der Waals surface area contributed by atoms with E-state index in [1.54, 1.807) is 0 Å². The maximum Gasteiger partial charge on any atom is 0.225 e. The summed E-state index contributed by atoms with van der Waals surface area (Å²) in [7, 11) is 0. The second-order valence-corrected chi connectivity index (χ2v) is 8.95. The average Bonchev–Trinajstić information content (AvgIpc) is 3.50. The van der Waals surface area contributed by atoms with E-state index in [-0.39, 0.29) is 0 Å². The number of anilines is 1. The summed E-state index contributed by atoms with van der Waals surface area (Å²) in [6.07, 6.45) is 12.4. The predicted molar refractivity (Wildman–Crippen MR) is 116 cm³/mol. The molecule has 5 rings (SSSR count). The van der Waals surface area contributed by atoms with E-state index >= 15 is 0 Å². The first-order valence-electron chi connectivity index (χ1n) is 11.7. The van der Waals surface area contributed by atoms with Gasteiger partial charge in [-0.3, -0.25) is 4.79 Å². The molecule has 3 heterocycles. The lowest BCUT2D eigenvalue weighted by atomic mass is 9.87. The third-order valence-corrected chi connectivity index (χ3v) is 6.90. The number of amides is 1. The molecule has 1 aromatic carbocycles. The lowest BCUT2D eigenvalue weighted by Gasteiger charge is -2.33. The van der Waals surface area contributed by atoms with Gasteiger partial charge in [0.15, 0.2) is 0 Å². The molecule has 2 saturated heterocycles. The van der Waals surface area contributed by atoms with E-state index in [9.17, 15) is 4.79 Å². The fourth-order valence-corrected chi connectivity index (χ4v) is 5.13. The first-order valence-corrected chi connectivity index (χ1v) is 11.7. The predicted octanol–water partition coefficient (Wildman–Crippen LogP) is 4.12. The van der Waals surface area contributed by atoms with Crippen molar-refractivity contribution < 1.29 is 4.79 Å². The van der Waals surface area contributed by atoms with Crippen LogP contribution in [0.1, 0.15) is 68.9 Å². The molecule has 1 N–H and O–H groups in total. The summed E-state index contributed by atoms with van der Waals surface area (Å²) < 4.78 is 0. The Morgan fingerprint density at radius 2 is 1.61 bits per heavy atom. The molecule has 1 aliphatic carbocycles. The van der Waals surface area contributed by atoms with Crippen LogP contribution in [-0.2, 0) is 17.8 Å². The quantitative estimate of drug-likeness (QED) is 0.834. The molecule has 1 amide bonds. The van der Waals surface area contributed by atoms with Gasteiger partial charge < -0.3 is 15.1 Å². The minimum absolute atomic E-state index is 0.300. The lowest BCUT2D eigenvalue weighted by Crippen LogP contribution is -2.40. The number of nitrogens with zero attached hydrogens (tertiary/aromatic N) is 2. The fourth-order valence-electron chi connectivity index (χ4n) is 5.13. The molecule has 0 unspecified atom stereocenters. The van der Waals surface area contributed by atoms with Crippen LogP contribution in [0.25, 0.3) is 0 Å². The van der Waals surface area contributed by atoms with Crippen molar-refractivity contribution in [2.75, 3.05) is 37.6 Å². The Morgan fingerprint density at radius 3 is 2.29 bits per heavy atom. The van der Waals surface area contributed by atoms with Gasteiger partial charge in [0.2, 0.25) is 5.91 Å². The van der Waals surface area contributed by atoms with Crippen LogP contribution in [0.3, 0.4) is 0 Å². The average molecular weight is 384 g/mol. The molecule has 0 aromatic heterocycles. The second-order valence-electron chi connectivity index (χ2n) is 8.95. The van der Waals surface area contributed by atoms with E-state index in [1.165, 1.54) is 87.9 Å². The number of hydrogen-bond donors (Lipinski definition) is 1. The van der Waals surface area contributed by atoms with Crippen LogP contribution in [0, 0.1) is 5.92 Å². The zero-order valence-corrected chi connectivity index (χ0v) is 17.4. The molecule has 3 aliphatic heterocycles. The minimum Gasteiger partial charge on any atom is -0.372 e. The molecular formula is C24H37N3O. The van der Waals surface area contributed by atoms with Gasteiger partial charge >= 0.3 is 0 Å². The molecule has 3 fully saturated rings. The summed E-state index contributed by atoms with van der Waals surface area (Å²) in [4.78, 5) is 17.4. The number of benzene rings is 1. The van der Waals surface area contributed by atoms with Gasteiger partial charge in [0.05, 0.1) is 0 Å². The van der Waals surface area contributed by atoms with E-state index < -0.39 is 0 Å². The largest absolute Gasteiger partial charge is 0.372 e. The number of nitrogens with one attached hydrogen (secondary N) is 1. The van der Waals surface area contributed by atoms with Crippen LogP contribution < -0.4 is 10.2 Å². The topological polar surface area (TPSA) is 35.6 Å². The monoisotopic (exact) mass is 383 g/mol. The standard InChI is InChI=1S/C20H28N2O.C4H9N/c23-20(16-6-2-1-3-7-16)22-13-10-17-14-19(9-8-18(17)15-22)21-11-4-5-12-21;1-2-4-5-3-1/h8-9,14,16H,1-7,10-13,15H2;5H,1-4H2. The van der Waals surface area contributed by atoms with Gasteiger partial charge in [-0.05, 0) is 81.3 Å². The van der Waals surface area contributed by atoms with Crippen molar-refractivity contribution in [1.82, 2.24) is 10.2 Å². The Kier molecular flexibility index (Phi) is 6.90. The molecular weight excluding hydrogens is 346 g/mol. The Hall–Kier alpha value is -1.55. The Balaban J connectivity index is 0.000000336. The van der Waals surface area contributed by atoms with Gasteiger partial charge in [-0.2, -0.15) is 0 Å². The minimum atomic E-state index is 0.300. The van der Waals surface area contributed by atoms with Crippen LogP contribution >= 0.6 is 0 Å². The van der Waals surface area contributed by atoms with E-state index in [1.807, 2.05) is 0 Å². The highest BCUT2D eigenvalue weighted by molar-refractivity contribution is 5.79. The molecule has 4 nitrogen and oxygen atoms in total. The molecule has 4 heteroatoms. The van der Waals surface area contributed by atoms with Crippen LogP contribution in [-0.4, -0.2) is 43.5 Å². The smallest absolute Gasteiger partial charge is 0.225 e. The Morgan fingerprint density at radius 1 is 0.857 bits per heavy atom. The normalized spacial score (nSPS) is 22.6. The van der Waals surface area contributed by atoms with Crippen molar-refractivity contribution in [3.8, 4) is 0 Å². The first kappa shape index (κ1) is 19.8. The SMILES string of the molecule is C1CCNC1.O=C(C1CCCCC1)N1CCc2cc(N3CCCC3)ccc2C1. The molecule has 1 saturated carbocycles. The zero-order chi connectivity index (χ0) is 19.2. The maximum absolute atomic E-state index is 12.8. The fraction of sp³-hybridized carbons (Fsp3) is 0.708. The van der Waals surface area contributed by atoms with Gasteiger partial charge in [-0.25, -0.2) is 0 Å². The van der Waals surface area contributed by atoms with Gasteiger partial charge in [0.25, 0.3) is 0 Å². The zero-order valence-electron chi connectivity index (χ0n) is 17.4. The summed E-state index contributed by atoms with van der Waals surface area (Å²) in [6.45, 7) is 6.63. The number of carbonyl (C=O) groups is 1. The van der Waals surface area contributed by atoms with E-state index in [0.29, 0.717) is 11.8 Å². The Bertz CT molecular complexity index is 636. The first-order chi connectivity index (χ1) is 13.8. The molecule has 4 aliphatic rings. The van der Waals surface area contributed by atoms with Crippen molar-refractivity contribution >= 4 is 11.6 Å². The second kappa shape index (κ2) is 9.78. The molecule has 0 bridgehead atoms.